The van der Waals surface area contributed by atoms with Gasteiger partial charge in [-0.15, -0.1) is 0 Å². The van der Waals surface area contributed by atoms with E-state index in [9.17, 15) is 5.11 Å². The predicted octanol–water partition coefficient (Wildman–Crippen LogP) is 1.70. The number of rotatable bonds is 2. The van der Waals surface area contributed by atoms with Crippen LogP contribution in [0, 0.1) is 5.41 Å². The molecule has 0 radical (unpaired) electrons. The Hall–Kier alpha value is -0.0400. The first-order valence-corrected chi connectivity index (χ1v) is 3.84. The van der Waals surface area contributed by atoms with Crippen molar-refractivity contribution < 1.29 is 5.11 Å². The normalized spacial score (nSPS) is 34.0. The van der Waals surface area contributed by atoms with Gasteiger partial charge in [0.1, 0.15) is 0 Å². The summed E-state index contributed by atoms with van der Waals surface area (Å²) in [6.07, 6.45) is 5.87. The standard InChI is InChI=1S/C8H14O/c1-7(2-3-7)6-8(9)4-5-8/h9H,2-6H2,1H3. The highest BCUT2D eigenvalue weighted by Crippen LogP contribution is 2.56. The molecule has 0 aromatic heterocycles. The first-order valence-electron chi connectivity index (χ1n) is 3.84. The fourth-order valence-electron chi connectivity index (χ4n) is 1.51. The van der Waals surface area contributed by atoms with Crippen LogP contribution in [0.25, 0.3) is 0 Å². The van der Waals surface area contributed by atoms with Crippen LogP contribution in [0.5, 0.6) is 0 Å². The highest BCUT2D eigenvalue weighted by atomic mass is 16.3. The lowest BCUT2D eigenvalue weighted by molar-refractivity contribution is 0.116. The van der Waals surface area contributed by atoms with Crippen molar-refractivity contribution in [1.29, 1.82) is 0 Å². The van der Waals surface area contributed by atoms with Crippen LogP contribution in [0.4, 0.5) is 0 Å². The molecular weight excluding hydrogens is 112 g/mol. The summed E-state index contributed by atoms with van der Waals surface area (Å²) < 4.78 is 0. The molecule has 0 heterocycles. The lowest BCUT2D eigenvalue weighted by Gasteiger charge is -2.12. The summed E-state index contributed by atoms with van der Waals surface area (Å²) in [5, 5.41) is 9.50. The van der Waals surface area contributed by atoms with Crippen molar-refractivity contribution in [3.63, 3.8) is 0 Å². The van der Waals surface area contributed by atoms with Crippen LogP contribution in [0.1, 0.15) is 39.0 Å². The van der Waals surface area contributed by atoms with E-state index in [2.05, 4.69) is 6.92 Å². The second-order valence-electron chi connectivity index (χ2n) is 4.21. The molecule has 2 rings (SSSR count). The van der Waals surface area contributed by atoms with E-state index >= 15 is 0 Å². The van der Waals surface area contributed by atoms with Crippen LogP contribution in [0.2, 0.25) is 0 Å². The first-order chi connectivity index (χ1) is 4.12. The molecule has 2 fully saturated rings. The van der Waals surface area contributed by atoms with Crippen LogP contribution in [-0.4, -0.2) is 10.7 Å². The lowest BCUT2D eigenvalue weighted by Crippen LogP contribution is -2.12. The number of hydrogen-bond acceptors (Lipinski definition) is 1. The SMILES string of the molecule is CC1(CC2(O)CC2)CC1. The van der Waals surface area contributed by atoms with Gasteiger partial charge in [0.05, 0.1) is 5.60 Å². The number of aliphatic hydroxyl groups is 1. The van der Waals surface area contributed by atoms with Gasteiger partial charge in [0.2, 0.25) is 0 Å². The average molecular weight is 126 g/mol. The van der Waals surface area contributed by atoms with Gasteiger partial charge in [0.25, 0.3) is 0 Å². The summed E-state index contributed by atoms with van der Waals surface area (Å²) in [6, 6.07) is 0. The molecule has 0 aliphatic heterocycles. The first kappa shape index (κ1) is 5.72. The maximum absolute atomic E-state index is 9.50. The van der Waals surface area contributed by atoms with Gasteiger partial charge in [-0.25, -0.2) is 0 Å². The van der Waals surface area contributed by atoms with E-state index in [0.717, 1.165) is 19.3 Å². The van der Waals surface area contributed by atoms with Gasteiger partial charge < -0.3 is 5.11 Å². The predicted molar refractivity (Wildman–Crippen MR) is 36.1 cm³/mol. The molecular formula is C8H14O. The largest absolute Gasteiger partial charge is 0.390 e. The van der Waals surface area contributed by atoms with Crippen molar-refractivity contribution in [3.05, 3.63) is 0 Å². The summed E-state index contributed by atoms with van der Waals surface area (Å²) >= 11 is 0. The van der Waals surface area contributed by atoms with Crippen molar-refractivity contribution in [1.82, 2.24) is 0 Å². The molecule has 1 nitrogen and oxygen atoms in total. The fraction of sp³-hybridized carbons (Fsp3) is 1.00. The molecule has 1 heteroatoms. The molecule has 1 N–H and O–H groups in total. The Kier molecular flexibility index (Phi) is 0.852. The molecule has 0 aromatic carbocycles. The third-order valence-corrected chi connectivity index (χ3v) is 2.69. The zero-order valence-corrected chi connectivity index (χ0v) is 5.98. The van der Waals surface area contributed by atoms with Crippen molar-refractivity contribution in [3.8, 4) is 0 Å². The highest BCUT2D eigenvalue weighted by molar-refractivity contribution is 5.02. The molecule has 0 amide bonds. The second-order valence-corrected chi connectivity index (χ2v) is 4.21. The Labute approximate surface area is 56.1 Å². The van der Waals surface area contributed by atoms with Crippen molar-refractivity contribution in [2.24, 2.45) is 5.41 Å². The topological polar surface area (TPSA) is 20.2 Å². The molecule has 2 aliphatic rings. The third-order valence-electron chi connectivity index (χ3n) is 2.69. The maximum atomic E-state index is 9.50. The molecule has 2 aliphatic carbocycles. The van der Waals surface area contributed by atoms with Crippen LogP contribution in [0.15, 0.2) is 0 Å². The molecule has 0 saturated heterocycles. The zero-order chi connectivity index (χ0) is 6.54. The van der Waals surface area contributed by atoms with Crippen LogP contribution < -0.4 is 0 Å². The van der Waals surface area contributed by atoms with Crippen LogP contribution in [-0.2, 0) is 0 Å². The summed E-state index contributed by atoms with van der Waals surface area (Å²) in [7, 11) is 0. The van der Waals surface area contributed by atoms with Gasteiger partial charge in [0, 0.05) is 0 Å². The van der Waals surface area contributed by atoms with Gasteiger partial charge >= 0.3 is 0 Å². The lowest BCUT2D eigenvalue weighted by atomic mass is 10.00. The molecule has 0 aromatic rings. The van der Waals surface area contributed by atoms with Crippen LogP contribution in [0.3, 0.4) is 0 Å². The van der Waals surface area contributed by atoms with Crippen molar-refractivity contribution in [2.45, 2.75) is 44.6 Å². The van der Waals surface area contributed by atoms with Gasteiger partial charge in [0.15, 0.2) is 0 Å². The van der Waals surface area contributed by atoms with E-state index in [1.165, 1.54) is 12.8 Å². The Morgan fingerprint density at radius 2 is 1.78 bits per heavy atom. The van der Waals surface area contributed by atoms with E-state index < -0.39 is 0 Å². The third kappa shape index (κ3) is 1.11. The summed E-state index contributed by atoms with van der Waals surface area (Å²) in [4.78, 5) is 0. The van der Waals surface area contributed by atoms with Gasteiger partial charge in [-0.3, -0.25) is 0 Å². The molecule has 0 bridgehead atoms. The molecule has 0 unspecified atom stereocenters. The highest BCUT2D eigenvalue weighted by Gasteiger charge is 2.50. The summed E-state index contributed by atoms with van der Waals surface area (Å²) in [5.41, 5.74) is 0.344. The maximum Gasteiger partial charge on any atom is 0.0655 e. The fourth-order valence-corrected chi connectivity index (χ4v) is 1.51. The minimum absolute atomic E-state index is 0.203. The van der Waals surface area contributed by atoms with E-state index in [4.69, 9.17) is 0 Å². The molecule has 0 spiro atoms. The zero-order valence-electron chi connectivity index (χ0n) is 5.98. The monoisotopic (exact) mass is 126 g/mol. The Bertz CT molecular complexity index is 116. The van der Waals surface area contributed by atoms with Crippen molar-refractivity contribution >= 4 is 0 Å². The Balaban J connectivity index is 1.90. The van der Waals surface area contributed by atoms with E-state index in [1.54, 1.807) is 0 Å². The number of hydrogen-bond donors (Lipinski definition) is 1. The van der Waals surface area contributed by atoms with Crippen molar-refractivity contribution in [2.75, 3.05) is 0 Å². The summed E-state index contributed by atoms with van der Waals surface area (Å²) in [5.74, 6) is 0. The molecule has 2 saturated carbocycles. The van der Waals surface area contributed by atoms with Gasteiger partial charge in [-0.1, -0.05) is 6.92 Å². The van der Waals surface area contributed by atoms with Gasteiger partial charge in [-0.05, 0) is 37.5 Å². The molecule has 52 valence electrons. The minimum atomic E-state index is -0.203. The quantitative estimate of drug-likeness (QED) is 0.597. The minimum Gasteiger partial charge on any atom is -0.390 e. The average Bonchev–Trinajstić information content (AvgIpc) is 2.55. The molecule has 9 heavy (non-hydrogen) atoms. The summed E-state index contributed by atoms with van der Waals surface area (Å²) in [6.45, 7) is 2.28. The van der Waals surface area contributed by atoms with E-state index in [-0.39, 0.29) is 5.60 Å². The molecule has 0 atom stereocenters. The Morgan fingerprint density at radius 1 is 1.22 bits per heavy atom. The van der Waals surface area contributed by atoms with Crippen LogP contribution >= 0.6 is 0 Å². The van der Waals surface area contributed by atoms with E-state index in [1.807, 2.05) is 0 Å². The Morgan fingerprint density at radius 3 is 2.11 bits per heavy atom. The second kappa shape index (κ2) is 1.34. The van der Waals surface area contributed by atoms with Gasteiger partial charge in [-0.2, -0.15) is 0 Å². The van der Waals surface area contributed by atoms with E-state index in [0.29, 0.717) is 5.41 Å². The smallest absolute Gasteiger partial charge is 0.0655 e.